The highest BCUT2D eigenvalue weighted by Gasteiger charge is 2.17. The molecule has 1 amide bonds. The summed E-state index contributed by atoms with van der Waals surface area (Å²) in [6, 6.07) is 24.7. The Morgan fingerprint density at radius 3 is 2.14 bits per heavy atom. The Bertz CT molecular complexity index is 1420. The zero-order chi connectivity index (χ0) is 25.7. The molecule has 0 aliphatic carbocycles. The molecule has 9 nitrogen and oxygen atoms in total. The number of aromatic nitrogens is 1. The van der Waals surface area contributed by atoms with E-state index in [0.717, 1.165) is 0 Å². The molecule has 4 aromatic rings. The number of amides is 1. The number of nitrogens with zero attached hydrogens (tertiary/aromatic N) is 1. The van der Waals surface area contributed by atoms with Crippen LogP contribution in [0.15, 0.2) is 84.9 Å². The molecule has 0 spiro atoms. The molecule has 0 radical (unpaired) electrons. The van der Waals surface area contributed by atoms with Crippen LogP contribution in [-0.2, 0) is 4.79 Å². The number of carboxylic acid groups (broad SMARTS) is 1. The van der Waals surface area contributed by atoms with Gasteiger partial charge in [-0.15, -0.1) is 0 Å². The van der Waals surface area contributed by atoms with Gasteiger partial charge in [-0.05, 0) is 54.6 Å². The van der Waals surface area contributed by atoms with Crippen LogP contribution in [0, 0.1) is 5.41 Å². The molecule has 0 saturated heterocycles. The normalized spacial score (nSPS) is 10.4. The lowest BCUT2D eigenvalue weighted by molar-refractivity contribution is -0.135. The first kappa shape index (κ1) is 24.0. The molecule has 1 aromatic heterocycles. The lowest BCUT2D eigenvalue weighted by atomic mass is 10.00. The maximum atomic E-state index is 12.1. The van der Waals surface area contributed by atoms with Crippen LogP contribution >= 0.6 is 0 Å². The number of nitrogen functional groups attached to an aromatic ring is 2. The van der Waals surface area contributed by atoms with Crippen molar-refractivity contribution < 1.29 is 19.4 Å². The molecule has 9 heteroatoms. The van der Waals surface area contributed by atoms with E-state index in [1.807, 2.05) is 42.5 Å². The van der Waals surface area contributed by atoms with E-state index >= 15 is 0 Å². The van der Waals surface area contributed by atoms with Gasteiger partial charge >= 0.3 is 5.97 Å². The largest absolute Gasteiger partial charge is 0.480 e. The van der Waals surface area contributed by atoms with Crippen LogP contribution in [0.4, 0.5) is 5.69 Å². The third-order valence-corrected chi connectivity index (χ3v) is 5.27. The zero-order valence-corrected chi connectivity index (χ0v) is 19.1. The number of benzene rings is 3. The Morgan fingerprint density at radius 1 is 0.917 bits per heavy atom. The molecular weight excluding hydrogens is 458 g/mol. The van der Waals surface area contributed by atoms with Gasteiger partial charge in [0.25, 0.3) is 5.91 Å². The topological polar surface area (TPSA) is 164 Å². The highest BCUT2D eigenvalue weighted by molar-refractivity contribution is 6.06. The lowest BCUT2D eigenvalue weighted by Crippen LogP contribution is -2.29. The summed E-state index contributed by atoms with van der Waals surface area (Å²) in [4.78, 5) is 27.5. The molecule has 180 valence electrons. The van der Waals surface area contributed by atoms with Crippen molar-refractivity contribution in [2.45, 2.75) is 0 Å². The fraction of sp³-hybridized carbons (Fsp3) is 0.0370. The van der Waals surface area contributed by atoms with Crippen LogP contribution in [-0.4, -0.2) is 34.3 Å². The van der Waals surface area contributed by atoms with Crippen molar-refractivity contribution >= 4 is 23.4 Å². The first-order chi connectivity index (χ1) is 17.3. The molecule has 0 aliphatic heterocycles. The number of carbonyl (C=O) groups is 2. The summed E-state index contributed by atoms with van der Waals surface area (Å²) in [5.74, 6) is -0.495. The second-order valence-electron chi connectivity index (χ2n) is 7.83. The SMILES string of the molecule is N=C(N)c1c(N)cc(-c2ccc(C(=O)NCC(=O)O)cc2)nc1-c1ccc(Oc2ccccc2)cc1. The molecule has 4 rings (SSSR count). The Morgan fingerprint density at radius 2 is 1.53 bits per heavy atom. The molecule has 0 unspecified atom stereocenters. The molecule has 0 bridgehead atoms. The van der Waals surface area contributed by atoms with E-state index in [0.29, 0.717) is 45.1 Å². The van der Waals surface area contributed by atoms with E-state index in [9.17, 15) is 9.59 Å². The van der Waals surface area contributed by atoms with Crippen molar-refractivity contribution in [2.75, 3.05) is 12.3 Å². The summed E-state index contributed by atoms with van der Waals surface area (Å²) in [6.45, 7) is -0.469. The van der Waals surface area contributed by atoms with E-state index in [-0.39, 0.29) is 11.5 Å². The molecular formula is C27H23N5O4. The van der Waals surface area contributed by atoms with Crippen LogP contribution in [0.1, 0.15) is 15.9 Å². The fourth-order valence-corrected chi connectivity index (χ4v) is 3.56. The first-order valence-electron chi connectivity index (χ1n) is 10.9. The highest BCUT2D eigenvalue weighted by Crippen LogP contribution is 2.32. The molecule has 1 heterocycles. The van der Waals surface area contributed by atoms with Crippen molar-refractivity contribution in [1.29, 1.82) is 5.41 Å². The predicted octanol–water partition coefficient (Wildman–Crippen LogP) is 3.89. The highest BCUT2D eigenvalue weighted by atomic mass is 16.5. The Kier molecular flexibility index (Phi) is 6.92. The monoisotopic (exact) mass is 481 g/mol. The molecule has 36 heavy (non-hydrogen) atoms. The van der Waals surface area contributed by atoms with Crippen LogP contribution in [0.25, 0.3) is 22.5 Å². The number of amidine groups is 1. The van der Waals surface area contributed by atoms with Crippen molar-refractivity contribution in [3.05, 3.63) is 96.1 Å². The third kappa shape index (κ3) is 5.48. The lowest BCUT2D eigenvalue weighted by Gasteiger charge is -2.14. The van der Waals surface area contributed by atoms with Crippen LogP contribution in [0.3, 0.4) is 0 Å². The van der Waals surface area contributed by atoms with Crippen molar-refractivity contribution in [3.8, 4) is 34.0 Å². The quantitative estimate of drug-likeness (QED) is 0.188. The number of aliphatic carboxylic acids is 1. The van der Waals surface area contributed by atoms with Crippen LogP contribution in [0.5, 0.6) is 11.5 Å². The Balaban J connectivity index is 1.65. The van der Waals surface area contributed by atoms with Gasteiger partial charge in [-0.3, -0.25) is 15.0 Å². The van der Waals surface area contributed by atoms with Gasteiger partial charge in [0.15, 0.2) is 0 Å². The number of rotatable bonds is 8. The summed E-state index contributed by atoms with van der Waals surface area (Å²) in [5, 5.41) is 19.1. The van der Waals surface area contributed by atoms with Crippen molar-refractivity contribution in [3.63, 3.8) is 0 Å². The van der Waals surface area contributed by atoms with Gasteiger partial charge in [0.05, 0.1) is 17.0 Å². The van der Waals surface area contributed by atoms with E-state index in [2.05, 4.69) is 5.32 Å². The molecule has 3 aromatic carbocycles. The minimum atomic E-state index is -1.13. The predicted molar refractivity (Wildman–Crippen MR) is 137 cm³/mol. The molecule has 0 atom stereocenters. The summed E-state index contributed by atoms with van der Waals surface area (Å²) in [5.41, 5.74) is 15.3. The number of nitrogens with one attached hydrogen (secondary N) is 2. The zero-order valence-electron chi connectivity index (χ0n) is 19.1. The summed E-state index contributed by atoms with van der Waals surface area (Å²) in [7, 11) is 0. The van der Waals surface area contributed by atoms with E-state index in [1.54, 1.807) is 42.5 Å². The fourth-order valence-electron chi connectivity index (χ4n) is 3.56. The number of nitrogens with two attached hydrogens (primary N) is 2. The maximum absolute atomic E-state index is 12.1. The average molecular weight is 482 g/mol. The number of hydrogen-bond acceptors (Lipinski definition) is 6. The standard InChI is InChI=1S/C27H23N5O4/c28-21-14-22(16-6-8-18(9-7-16)27(35)31-15-23(33)34)32-25(24(21)26(29)30)17-10-12-20(13-11-17)36-19-4-2-1-3-5-19/h1-14H,15H2,(H2,28,32)(H3,29,30)(H,31,35)(H,33,34). The number of carbonyl (C=O) groups excluding carboxylic acids is 1. The number of ether oxygens (including phenoxy) is 1. The van der Waals surface area contributed by atoms with Gasteiger partial charge < -0.3 is 26.6 Å². The van der Waals surface area contributed by atoms with Crippen LogP contribution in [0.2, 0.25) is 0 Å². The van der Waals surface area contributed by atoms with Gasteiger partial charge in [-0.25, -0.2) is 4.98 Å². The third-order valence-electron chi connectivity index (χ3n) is 5.27. The molecule has 0 fully saturated rings. The van der Waals surface area contributed by atoms with Crippen molar-refractivity contribution in [2.24, 2.45) is 5.73 Å². The molecule has 0 aliphatic rings. The number of pyridine rings is 1. The van der Waals surface area contributed by atoms with E-state index in [1.165, 1.54) is 0 Å². The Labute approximate surface area is 206 Å². The molecule has 0 saturated carbocycles. The minimum absolute atomic E-state index is 0.211. The van der Waals surface area contributed by atoms with Gasteiger partial charge in [0, 0.05) is 22.4 Å². The number of carboxylic acids is 1. The summed E-state index contributed by atoms with van der Waals surface area (Å²) >= 11 is 0. The van der Waals surface area contributed by atoms with Crippen molar-refractivity contribution in [1.82, 2.24) is 10.3 Å². The van der Waals surface area contributed by atoms with Gasteiger partial charge in [-0.1, -0.05) is 30.3 Å². The first-order valence-corrected chi connectivity index (χ1v) is 10.9. The number of para-hydroxylation sites is 1. The summed E-state index contributed by atoms with van der Waals surface area (Å²) < 4.78 is 5.85. The molecule has 7 N–H and O–H groups in total. The summed E-state index contributed by atoms with van der Waals surface area (Å²) in [6.07, 6.45) is 0. The van der Waals surface area contributed by atoms with Crippen LogP contribution < -0.4 is 21.5 Å². The van der Waals surface area contributed by atoms with Gasteiger partial charge in [0.1, 0.15) is 23.9 Å². The minimum Gasteiger partial charge on any atom is -0.480 e. The number of anilines is 1. The number of hydrogen-bond donors (Lipinski definition) is 5. The second-order valence-corrected chi connectivity index (χ2v) is 7.83. The van der Waals surface area contributed by atoms with Gasteiger partial charge in [-0.2, -0.15) is 0 Å². The van der Waals surface area contributed by atoms with E-state index < -0.39 is 18.4 Å². The van der Waals surface area contributed by atoms with Gasteiger partial charge in [0.2, 0.25) is 0 Å². The average Bonchev–Trinajstić information content (AvgIpc) is 2.87. The van der Waals surface area contributed by atoms with E-state index in [4.69, 9.17) is 31.7 Å². The maximum Gasteiger partial charge on any atom is 0.322 e. The second kappa shape index (κ2) is 10.4. The smallest absolute Gasteiger partial charge is 0.322 e. The Hall–Kier alpha value is -5.18.